The second kappa shape index (κ2) is 12.9. The highest BCUT2D eigenvalue weighted by Gasteiger charge is 2.51. The summed E-state index contributed by atoms with van der Waals surface area (Å²) >= 11 is 0. The number of rotatable bonds is 5. The molecule has 1 spiro atoms. The van der Waals surface area contributed by atoms with Gasteiger partial charge in [-0.3, -0.25) is 0 Å². The first-order valence-corrected chi connectivity index (χ1v) is 18.9. The van der Waals surface area contributed by atoms with Crippen molar-refractivity contribution >= 4 is 0 Å². The smallest absolute Gasteiger partial charge is 0.164 e. The van der Waals surface area contributed by atoms with E-state index in [1.807, 2.05) is 30.3 Å². The van der Waals surface area contributed by atoms with Crippen molar-refractivity contribution in [3.8, 4) is 79.0 Å². The first-order chi connectivity index (χ1) is 27.8. The van der Waals surface area contributed by atoms with E-state index in [0.29, 0.717) is 17.5 Å². The van der Waals surface area contributed by atoms with Gasteiger partial charge in [-0.2, -0.15) is 0 Å². The Hall–Kier alpha value is -7.43. The summed E-state index contributed by atoms with van der Waals surface area (Å²) < 4.78 is 6.57. The van der Waals surface area contributed by atoms with Crippen molar-refractivity contribution in [3.05, 3.63) is 222 Å². The summed E-state index contributed by atoms with van der Waals surface area (Å²) in [4.78, 5) is 15.4. The highest BCUT2D eigenvalue weighted by Crippen LogP contribution is 2.63. The number of benzene rings is 8. The van der Waals surface area contributed by atoms with Gasteiger partial charge in [0.05, 0.1) is 5.41 Å². The van der Waals surface area contributed by atoms with Crippen LogP contribution >= 0.6 is 0 Å². The molecule has 0 N–H and O–H groups in total. The van der Waals surface area contributed by atoms with Crippen LogP contribution < -0.4 is 4.74 Å². The first kappa shape index (κ1) is 32.0. The zero-order chi connectivity index (χ0) is 37.1. The summed E-state index contributed by atoms with van der Waals surface area (Å²) in [5.74, 6) is 3.65. The minimum Gasteiger partial charge on any atom is -0.457 e. The van der Waals surface area contributed by atoms with Gasteiger partial charge >= 0.3 is 0 Å². The highest BCUT2D eigenvalue weighted by atomic mass is 16.5. The lowest BCUT2D eigenvalue weighted by molar-refractivity contribution is 0.436. The molecule has 9 aromatic rings. The van der Waals surface area contributed by atoms with Crippen LogP contribution in [0.5, 0.6) is 11.5 Å². The summed E-state index contributed by atoms with van der Waals surface area (Å²) in [6.07, 6.45) is 0. The maximum atomic E-state index is 6.57. The Balaban J connectivity index is 1.11. The van der Waals surface area contributed by atoms with Crippen LogP contribution in [0.2, 0.25) is 0 Å². The molecule has 0 radical (unpaired) electrons. The average Bonchev–Trinajstić information content (AvgIpc) is 3.58. The van der Waals surface area contributed by atoms with Crippen LogP contribution in [0.25, 0.3) is 67.5 Å². The Morgan fingerprint density at radius 1 is 0.304 bits per heavy atom. The summed E-state index contributed by atoms with van der Waals surface area (Å²) in [5, 5.41) is 0. The van der Waals surface area contributed by atoms with E-state index in [1.54, 1.807) is 0 Å². The predicted molar refractivity (Wildman–Crippen MR) is 224 cm³/mol. The Morgan fingerprint density at radius 3 is 1.48 bits per heavy atom. The molecule has 2 heterocycles. The number of para-hydroxylation sites is 2. The number of hydrogen-bond acceptors (Lipinski definition) is 4. The van der Waals surface area contributed by atoms with Crippen molar-refractivity contribution < 1.29 is 4.74 Å². The van der Waals surface area contributed by atoms with Gasteiger partial charge in [0.1, 0.15) is 11.5 Å². The molecule has 0 amide bonds. The van der Waals surface area contributed by atoms with Gasteiger partial charge in [-0.25, -0.2) is 15.0 Å². The van der Waals surface area contributed by atoms with Crippen molar-refractivity contribution in [2.24, 2.45) is 0 Å². The second-order valence-corrected chi connectivity index (χ2v) is 14.3. The van der Waals surface area contributed by atoms with E-state index >= 15 is 0 Å². The molecular formula is C52H33N3O. The summed E-state index contributed by atoms with van der Waals surface area (Å²) in [6.45, 7) is 0. The van der Waals surface area contributed by atoms with Gasteiger partial charge in [0.25, 0.3) is 0 Å². The molecule has 0 bridgehead atoms. The summed E-state index contributed by atoms with van der Waals surface area (Å²) in [7, 11) is 0. The monoisotopic (exact) mass is 715 g/mol. The van der Waals surface area contributed by atoms with E-state index < -0.39 is 5.41 Å². The fourth-order valence-corrected chi connectivity index (χ4v) is 8.86. The lowest BCUT2D eigenvalue weighted by Gasteiger charge is -2.39. The number of hydrogen-bond donors (Lipinski definition) is 0. The number of fused-ring (bicyclic) bond motifs is 9. The van der Waals surface area contributed by atoms with Gasteiger partial charge < -0.3 is 4.74 Å². The Morgan fingerprint density at radius 2 is 0.768 bits per heavy atom. The predicted octanol–water partition coefficient (Wildman–Crippen LogP) is 12.7. The van der Waals surface area contributed by atoms with E-state index in [2.05, 4.69) is 170 Å². The summed E-state index contributed by atoms with van der Waals surface area (Å²) in [5.41, 5.74) is 14.0. The number of nitrogens with zero attached hydrogens (tertiary/aromatic N) is 3. The molecule has 2 aliphatic rings. The molecule has 1 aromatic heterocycles. The molecule has 0 unspecified atom stereocenters. The van der Waals surface area contributed by atoms with Gasteiger partial charge in [-0.05, 0) is 62.7 Å². The summed E-state index contributed by atoms with van der Waals surface area (Å²) in [6, 6.07) is 70.1. The van der Waals surface area contributed by atoms with E-state index in [9.17, 15) is 0 Å². The molecular weight excluding hydrogens is 683 g/mol. The molecule has 0 saturated carbocycles. The van der Waals surface area contributed by atoms with Crippen molar-refractivity contribution in [2.45, 2.75) is 5.41 Å². The van der Waals surface area contributed by atoms with E-state index in [4.69, 9.17) is 19.7 Å². The standard InChI is InChI=1S/C52H33N3O/c1-3-17-34(18-4-1)38-23-7-8-24-40(38)51-54-49(35-19-5-2-6-20-35)53-50(55-51)37-22-15-21-36(33-37)39-26-16-30-45-48(39)41-25-9-10-27-42(41)52(45)43-28-11-13-31-46(43)56-47-32-14-12-29-44(47)52/h1-33H. The van der Waals surface area contributed by atoms with Crippen LogP contribution in [0.15, 0.2) is 200 Å². The molecule has 262 valence electrons. The minimum atomic E-state index is -0.537. The van der Waals surface area contributed by atoms with Crippen LogP contribution in [0, 0.1) is 0 Å². The zero-order valence-corrected chi connectivity index (χ0v) is 30.3. The molecule has 4 heteroatoms. The number of aromatic nitrogens is 3. The molecule has 0 atom stereocenters. The second-order valence-electron chi connectivity index (χ2n) is 14.3. The fourth-order valence-electron chi connectivity index (χ4n) is 8.86. The molecule has 1 aliphatic heterocycles. The van der Waals surface area contributed by atoms with Crippen LogP contribution in [-0.4, -0.2) is 15.0 Å². The third-order valence-electron chi connectivity index (χ3n) is 11.2. The normalized spacial score (nSPS) is 12.9. The van der Waals surface area contributed by atoms with Crippen LogP contribution in [-0.2, 0) is 5.41 Å². The number of ether oxygens (including phenoxy) is 1. The Bertz CT molecular complexity index is 2910. The molecule has 4 nitrogen and oxygen atoms in total. The Labute approximate surface area is 325 Å². The van der Waals surface area contributed by atoms with Crippen molar-refractivity contribution in [1.82, 2.24) is 15.0 Å². The minimum absolute atomic E-state index is 0.537. The lowest BCUT2D eigenvalue weighted by atomic mass is 9.66. The van der Waals surface area contributed by atoms with Crippen molar-refractivity contribution in [3.63, 3.8) is 0 Å². The van der Waals surface area contributed by atoms with E-state index in [-0.39, 0.29) is 0 Å². The quantitative estimate of drug-likeness (QED) is 0.178. The van der Waals surface area contributed by atoms with Crippen molar-refractivity contribution in [1.29, 1.82) is 0 Å². The van der Waals surface area contributed by atoms with Crippen molar-refractivity contribution in [2.75, 3.05) is 0 Å². The first-order valence-electron chi connectivity index (χ1n) is 18.9. The topological polar surface area (TPSA) is 47.9 Å². The third kappa shape index (κ3) is 4.89. The average molecular weight is 716 g/mol. The molecule has 8 aromatic carbocycles. The maximum Gasteiger partial charge on any atom is 0.164 e. The lowest BCUT2D eigenvalue weighted by Crippen LogP contribution is -2.32. The van der Waals surface area contributed by atoms with Crippen LogP contribution in [0.4, 0.5) is 0 Å². The molecule has 11 rings (SSSR count). The molecule has 1 aliphatic carbocycles. The molecule has 0 saturated heterocycles. The maximum absolute atomic E-state index is 6.57. The molecule has 0 fully saturated rings. The van der Waals surface area contributed by atoms with Gasteiger partial charge in [0.2, 0.25) is 0 Å². The highest BCUT2D eigenvalue weighted by molar-refractivity contribution is 5.97. The zero-order valence-electron chi connectivity index (χ0n) is 30.3. The van der Waals surface area contributed by atoms with Gasteiger partial charge in [0.15, 0.2) is 17.5 Å². The van der Waals surface area contributed by atoms with E-state index in [0.717, 1.165) is 61.6 Å². The van der Waals surface area contributed by atoms with Gasteiger partial charge in [-0.1, -0.05) is 182 Å². The van der Waals surface area contributed by atoms with Gasteiger partial charge in [0, 0.05) is 27.8 Å². The fraction of sp³-hybridized carbons (Fsp3) is 0.0192. The van der Waals surface area contributed by atoms with E-state index in [1.165, 1.54) is 22.3 Å². The molecule has 56 heavy (non-hydrogen) atoms. The Kier molecular flexibility index (Phi) is 7.36. The van der Waals surface area contributed by atoms with Gasteiger partial charge in [-0.15, -0.1) is 0 Å². The van der Waals surface area contributed by atoms with Crippen LogP contribution in [0.1, 0.15) is 22.3 Å². The van der Waals surface area contributed by atoms with Crippen LogP contribution in [0.3, 0.4) is 0 Å². The largest absolute Gasteiger partial charge is 0.457 e. The third-order valence-corrected chi connectivity index (χ3v) is 11.2. The SMILES string of the molecule is c1ccc(-c2nc(-c3cccc(-c4cccc5c4-c4ccccc4C54c5ccccc5Oc5ccccc54)c3)nc(-c3ccccc3-c3ccccc3)n2)cc1.